The van der Waals surface area contributed by atoms with Crippen molar-refractivity contribution in [3.05, 3.63) is 33.1 Å². The zero-order chi connectivity index (χ0) is 12.1. The average molecular weight is 241 g/mol. The first kappa shape index (κ1) is 11.9. The number of nitrogens with zero attached hydrogens (tertiary/aromatic N) is 3. The Morgan fingerprint density at radius 3 is 3.00 bits per heavy atom. The Kier molecular flexibility index (Phi) is 3.74. The van der Waals surface area contributed by atoms with Crippen LogP contribution in [0.25, 0.3) is 0 Å². The summed E-state index contributed by atoms with van der Waals surface area (Å²) in [5, 5.41) is 21.0. The highest BCUT2D eigenvalue weighted by molar-refractivity contribution is 6.29. The van der Waals surface area contributed by atoms with Gasteiger partial charge >= 0.3 is 0 Å². The molecule has 7 nitrogen and oxygen atoms in total. The maximum atomic E-state index is 11.4. The van der Waals surface area contributed by atoms with E-state index in [0.29, 0.717) is 0 Å². The molecule has 0 atom stereocenters. The summed E-state index contributed by atoms with van der Waals surface area (Å²) in [6.07, 6.45) is 0.892. The van der Waals surface area contributed by atoms with E-state index in [1.54, 1.807) is 6.07 Å². The van der Waals surface area contributed by atoms with Gasteiger partial charge in [0.15, 0.2) is 0 Å². The number of carbonyl (C=O) groups is 1. The molecule has 0 aliphatic heterocycles. The molecule has 1 heterocycles. The molecule has 0 unspecified atom stereocenters. The van der Waals surface area contributed by atoms with Crippen molar-refractivity contribution in [2.75, 3.05) is 6.54 Å². The summed E-state index contributed by atoms with van der Waals surface area (Å²) in [5.41, 5.74) is -0.680. The second kappa shape index (κ2) is 5.04. The lowest BCUT2D eigenvalue weighted by Gasteiger charge is -2.02. The van der Waals surface area contributed by atoms with Gasteiger partial charge in [0, 0.05) is 0 Å². The van der Waals surface area contributed by atoms with E-state index in [4.69, 9.17) is 16.9 Å². The molecule has 0 aliphatic carbocycles. The maximum absolute atomic E-state index is 11.4. The highest BCUT2D eigenvalue weighted by atomic mass is 35.5. The molecule has 82 valence electrons. The van der Waals surface area contributed by atoms with Crippen molar-refractivity contribution in [1.29, 1.82) is 5.26 Å². The summed E-state index contributed by atoms with van der Waals surface area (Å²) in [6.45, 7) is -0.240. The zero-order valence-corrected chi connectivity index (χ0v) is 8.56. The predicted octanol–water partition coefficient (Wildman–Crippen LogP) is 0.897. The second-order valence-electron chi connectivity index (χ2n) is 2.62. The van der Waals surface area contributed by atoms with Crippen molar-refractivity contribution in [1.82, 2.24) is 10.3 Å². The Balaban J connectivity index is 3.10. The summed E-state index contributed by atoms with van der Waals surface area (Å²) in [7, 11) is 0. The molecule has 0 aromatic carbocycles. The third-order valence-corrected chi connectivity index (χ3v) is 1.83. The number of aromatic nitrogens is 1. The van der Waals surface area contributed by atoms with Gasteiger partial charge in [-0.2, -0.15) is 5.26 Å². The minimum Gasteiger partial charge on any atom is -0.339 e. The van der Waals surface area contributed by atoms with Gasteiger partial charge in [-0.25, -0.2) is 4.98 Å². The topological polar surface area (TPSA) is 109 Å². The molecule has 0 spiro atoms. The van der Waals surface area contributed by atoms with Crippen molar-refractivity contribution in [3.8, 4) is 6.07 Å². The fourth-order valence-corrected chi connectivity index (χ4v) is 1.12. The summed E-state index contributed by atoms with van der Waals surface area (Å²) in [4.78, 5) is 24.8. The Morgan fingerprint density at radius 1 is 1.75 bits per heavy atom. The normalized spacial score (nSPS) is 9.25. The fourth-order valence-electron chi connectivity index (χ4n) is 0.965. The summed E-state index contributed by atoms with van der Waals surface area (Å²) in [5.74, 6) is -0.738. The molecular formula is C8H5ClN4O3. The molecule has 0 aliphatic rings. The standard InChI is InChI=1S/C8H5ClN4O3/c9-7-3-5(8(14)11-2-1-10)6(4-12-7)13(15)16/h3-4H,2H2,(H,11,14). The Morgan fingerprint density at radius 2 is 2.44 bits per heavy atom. The molecule has 0 radical (unpaired) electrons. The molecule has 0 saturated carbocycles. The van der Waals surface area contributed by atoms with Crippen molar-refractivity contribution in [3.63, 3.8) is 0 Å². The monoisotopic (exact) mass is 240 g/mol. The number of nitro groups is 1. The third-order valence-electron chi connectivity index (χ3n) is 1.62. The highest BCUT2D eigenvalue weighted by Crippen LogP contribution is 2.19. The van der Waals surface area contributed by atoms with Gasteiger partial charge in [-0.05, 0) is 6.07 Å². The van der Waals surface area contributed by atoms with Gasteiger partial charge in [0.05, 0.1) is 11.0 Å². The number of carbonyl (C=O) groups excluding carboxylic acids is 1. The summed E-state index contributed by atoms with van der Waals surface area (Å²) < 4.78 is 0. The number of hydrogen-bond donors (Lipinski definition) is 1. The molecule has 1 amide bonds. The van der Waals surface area contributed by atoms with E-state index < -0.39 is 16.5 Å². The van der Waals surface area contributed by atoms with Crippen LogP contribution >= 0.6 is 11.6 Å². The number of nitrogens with one attached hydrogen (secondary N) is 1. The van der Waals surface area contributed by atoms with Crippen LogP contribution in [0.2, 0.25) is 5.15 Å². The van der Waals surface area contributed by atoms with Gasteiger partial charge in [0.2, 0.25) is 0 Å². The van der Waals surface area contributed by atoms with Crippen LogP contribution < -0.4 is 5.32 Å². The smallest absolute Gasteiger partial charge is 0.300 e. The number of hydrogen-bond acceptors (Lipinski definition) is 5. The van der Waals surface area contributed by atoms with Crippen LogP contribution in [-0.4, -0.2) is 22.4 Å². The predicted molar refractivity (Wildman–Crippen MR) is 53.8 cm³/mol. The Labute approximate surface area is 94.8 Å². The van der Waals surface area contributed by atoms with Gasteiger partial charge in [0.1, 0.15) is 23.5 Å². The molecular weight excluding hydrogens is 236 g/mol. The van der Waals surface area contributed by atoms with Crippen LogP contribution in [0.3, 0.4) is 0 Å². The third kappa shape index (κ3) is 2.65. The van der Waals surface area contributed by atoms with E-state index in [-0.39, 0.29) is 17.3 Å². The maximum Gasteiger partial charge on any atom is 0.300 e. The lowest BCUT2D eigenvalue weighted by molar-refractivity contribution is -0.385. The van der Waals surface area contributed by atoms with Crippen LogP contribution in [0.5, 0.6) is 0 Å². The van der Waals surface area contributed by atoms with Crippen molar-refractivity contribution in [2.24, 2.45) is 0 Å². The van der Waals surface area contributed by atoms with Crippen molar-refractivity contribution < 1.29 is 9.72 Å². The lowest BCUT2D eigenvalue weighted by Crippen LogP contribution is -2.24. The highest BCUT2D eigenvalue weighted by Gasteiger charge is 2.20. The van der Waals surface area contributed by atoms with E-state index in [9.17, 15) is 14.9 Å². The number of halogens is 1. The van der Waals surface area contributed by atoms with Crippen LogP contribution in [0.4, 0.5) is 5.69 Å². The number of pyridine rings is 1. The van der Waals surface area contributed by atoms with E-state index in [1.165, 1.54) is 0 Å². The van der Waals surface area contributed by atoms with Gasteiger partial charge in [-0.15, -0.1) is 0 Å². The summed E-state index contributed by atoms with van der Waals surface area (Å²) in [6, 6.07) is 2.76. The van der Waals surface area contributed by atoms with Crippen LogP contribution in [0.1, 0.15) is 10.4 Å². The number of rotatable bonds is 3. The molecule has 1 aromatic heterocycles. The quantitative estimate of drug-likeness (QED) is 0.365. The molecule has 1 rings (SSSR count). The minimum absolute atomic E-state index is 0.0345. The molecule has 8 heteroatoms. The van der Waals surface area contributed by atoms with Crippen LogP contribution in [-0.2, 0) is 0 Å². The zero-order valence-electron chi connectivity index (χ0n) is 7.81. The first-order chi connectivity index (χ1) is 7.56. The molecule has 0 fully saturated rings. The van der Waals surface area contributed by atoms with Crippen molar-refractivity contribution in [2.45, 2.75) is 0 Å². The number of amides is 1. The van der Waals surface area contributed by atoms with E-state index >= 15 is 0 Å². The van der Waals surface area contributed by atoms with Gasteiger partial charge in [0.25, 0.3) is 11.6 Å². The SMILES string of the molecule is N#CCNC(=O)c1cc(Cl)ncc1[N+](=O)[O-]. The van der Waals surface area contributed by atoms with Crippen molar-refractivity contribution >= 4 is 23.2 Å². The Hall–Kier alpha value is -2.20. The van der Waals surface area contributed by atoms with Crippen LogP contribution in [0.15, 0.2) is 12.3 Å². The van der Waals surface area contributed by atoms with Gasteiger partial charge in [-0.3, -0.25) is 14.9 Å². The van der Waals surface area contributed by atoms with Crippen LogP contribution in [0, 0.1) is 21.4 Å². The first-order valence-corrected chi connectivity index (χ1v) is 4.39. The van der Waals surface area contributed by atoms with E-state index in [1.807, 2.05) is 0 Å². The molecule has 16 heavy (non-hydrogen) atoms. The molecule has 0 bridgehead atoms. The molecule has 1 aromatic rings. The van der Waals surface area contributed by atoms with Gasteiger partial charge < -0.3 is 5.32 Å². The van der Waals surface area contributed by atoms with Gasteiger partial charge in [-0.1, -0.05) is 11.6 Å². The molecule has 1 N–H and O–H groups in total. The minimum atomic E-state index is -0.745. The average Bonchev–Trinajstić information content (AvgIpc) is 2.25. The first-order valence-electron chi connectivity index (χ1n) is 4.01. The Bertz CT molecular complexity index is 483. The fraction of sp³-hybridized carbons (Fsp3) is 0.125. The second-order valence-corrected chi connectivity index (χ2v) is 3.01. The van der Waals surface area contributed by atoms with E-state index in [2.05, 4.69) is 10.3 Å². The van der Waals surface area contributed by atoms with E-state index in [0.717, 1.165) is 12.3 Å². The largest absolute Gasteiger partial charge is 0.339 e. The summed E-state index contributed by atoms with van der Waals surface area (Å²) >= 11 is 5.52. The molecule has 0 saturated heterocycles. The lowest BCUT2D eigenvalue weighted by atomic mass is 10.2. The number of nitriles is 1.